The second-order valence-corrected chi connectivity index (χ2v) is 8.34. The van der Waals surface area contributed by atoms with Gasteiger partial charge in [0.05, 0.1) is 34.5 Å². The molecule has 0 aliphatic carbocycles. The zero-order valence-electron chi connectivity index (χ0n) is 17.1. The summed E-state index contributed by atoms with van der Waals surface area (Å²) in [6, 6.07) is 22.6. The Bertz CT molecular complexity index is 1110. The highest BCUT2D eigenvalue weighted by atomic mass is 35.5. The Morgan fingerprint density at radius 2 is 1.56 bits per heavy atom. The summed E-state index contributed by atoms with van der Waals surface area (Å²) in [5.41, 5.74) is 6.93. The van der Waals surface area contributed by atoms with Gasteiger partial charge >= 0.3 is 0 Å². The lowest BCUT2D eigenvalue weighted by Gasteiger charge is -2.20. The number of primary amides is 1. The second kappa shape index (κ2) is 11.4. The maximum absolute atomic E-state index is 12.9. The second-order valence-electron chi connectivity index (χ2n) is 6.92. The van der Waals surface area contributed by atoms with Crippen LogP contribution < -0.4 is 16.4 Å². The van der Waals surface area contributed by atoms with Crippen LogP contribution in [0.3, 0.4) is 0 Å². The molecule has 3 amide bonds. The van der Waals surface area contributed by atoms with E-state index in [1.165, 1.54) is 11.8 Å². The van der Waals surface area contributed by atoms with Crippen LogP contribution in [0, 0.1) is 0 Å². The first-order valence-electron chi connectivity index (χ1n) is 9.84. The van der Waals surface area contributed by atoms with E-state index in [4.69, 9.17) is 17.3 Å². The summed E-state index contributed by atoms with van der Waals surface area (Å²) in [6.07, 6.45) is 0.00895. The molecule has 0 heterocycles. The fourth-order valence-electron chi connectivity index (χ4n) is 3.05. The van der Waals surface area contributed by atoms with Crippen LogP contribution in [0.1, 0.15) is 28.4 Å². The minimum Gasteiger partial charge on any atom is -0.369 e. The lowest BCUT2D eigenvalue weighted by molar-refractivity contribution is -0.117. The molecular weight excluding hydrogens is 446 g/mol. The predicted molar refractivity (Wildman–Crippen MR) is 128 cm³/mol. The Labute approximate surface area is 195 Å². The third-order valence-corrected chi connectivity index (χ3v) is 5.97. The van der Waals surface area contributed by atoms with Crippen molar-refractivity contribution in [1.82, 2.24) is 5.32 Å². The summed E-state index contributed by atoms with van der Waals surface area (Å²) in [6.45, 7) is 0. The first-order valence-corrected chi connectivity index (χ1v) is 11.2. The first kappa shape index (κ1) is 23.4. The van der Waals surface area contributed by atoms with E-state index in [0.717, 1.165) is 10.5 Å². The third-order valence-electron chi connectivity index (χ3n) is 4.55. The molecule has 0 radical (unpaired) electrons. The number of hydrogen-bond donors (Lipinski definition) is 3. The summed E-state index contributed by atoms with van der Waals surface area (Å²) in [5.74, 6) is -0.990. The summed E-state index contributed by atoms with van der Waals surface area (Å²) in [5, 5.41) is 6.12. The Morgan fingerprint density at radius 1 is 0.906 bits per heavy atom. The molecule has 0 aliphatic rings. The first-order chi connectivity index (χ1) is 15.4. The van der Waals surface area contributed by atoms with E-state index < -0.39 is 11.9 Å². The monoisotopic (exact) mass is 467 g/mol. The Morgan fingerprint density at radius 3 is 2.28 bits per heavy atom. The van der Waals surface area contributed by atoms with Gasteiger partial charge in [-0.25, -0.2) is 0 Å². The largest absolute Gasteiger partial charge is 0.369 e. The summed E-state index contributed by atoms with van der Waals surface area (Å²) >= 11 is 7.40. The van der Waals surface area contributed by atoms with Gasteiger partial charge in [-0.1, -0.05) is 66.2 Å². The lowest BCUT2D eigenvalue weighted by atomic mass is 10.0. The van der Waals surface area contributed by atoms with Gasteiger partial charge in [-0.15, -0.1) is 11.8 Å². The fraction of sp³-hybridized carbons (Fsp3) is 0.125. The lowest BCUT2D eigenvalue weighted by Crippen LogP contribution is -2.31. The van der Waals surface area contributed by atoms with Crippen LogP contribution >= 0.6 is 23.4 Å². The van der Waals surface area contributed by atoms with E-state index in [1.807, 2.05) is 36.4 Å². The van der Waals surface area contributed by atoms with Crippen LogP contribution in [-0.2, 0) is 9.59 Å². The van der Waals surface area contributed by atoms with E-state index in [1.54, 1.807) is 42.5 Å². The molecule has 3 rings (SSSR count). The van der Waals surface area contributed by atoms with Gasteiger partial charge < -0.3 is 16.4 Å². The molecule has 3 aromatic carbocycles. The van der Waals surface area contributed by atoms with Gasteiger partial charge in [0.1, 0.15) is 0 Å². The molecule has 1 unspecified atom stereocenters. The van der Waals surface area contributed by atoms with Crippen LogP contribution in [0.15, 0.2) is 83.8 Å². The molecule has 164 valence electrons. The van der Waals surface area contributed by atoms with Crippen molar-refractivity contribution in [2.75, 3.05) is 11.1 Å². The number of benzene rings is 3. The number of rotatable bonds is 9. The van der Waals surface area contributed by atoms with Gasteiger partial charge in [-0.3, -0.25) is 14.4 Å². The maximum Gasteiger partial charge on any atom is 0.253 e. The minimum absolute atomic E-state index is 0.00895. The van der Waals surface area contributed by atoms with E-state index in [-0.39, 0.29) is 24.0 Å². The van der Waals surface area contributed by atoms with Crippen molar-refractivity contribution >= 4 is 46.8 Å². The van der Waals surface area contributed by atoms with E-state index in [9.17, 15) is 14.4 Å². The molecule has 0 spiro atoms. The smallest absolute Gasteiger partial charge is 0.253 e. The molecule has 0 saturated carbocycles. The van der Waals surface area contributed by atoms with Crippen LogP contribution in [0.5, 0.6) is 0 Å². The van der Waals surface area contributed by atoms with Crippen LogP contribution in [0.2, 0.25) is 5.02 Å². The number of carbonyl (C=O) groups excluding carboxylic acids is 3. The molecule has 3 aromatic rings. The van der Waals surface area contributed by atoms with Crippen molar-refractivity contribution in [2.45, 2.75) is 17.4 Å². The molecule has 0 bridgehead atoms. The van der Waals surface area contributed by atoms with Crippen molar-refractivity contribution in [3.05, 3.63) is 95.0 Å². The number of amides is 3. The molecule has 0 aromatic heterocycles. The fourth-order valence-corrected chi connectivity index (χ4v) is 4.02. The average molecular weight is 468 g/mol. The Balaban J connectivity index is 1.76. The minimum atomic E-state index is -0.564. The topological polar surface area (TPSA) is 101 Å². The van der Waals surface area contributed by atoms with Crippen molar-refractivity contribution < 1.29 is 14.4 Å². The predicted octanol–water partition coefficient (Wildman–Crippen LogP) is 4.42. The normalized spacial score (nSPS) is 11.4. The SMILES string of the molecule is NC(=O)CSc1ccccc1NC(=O)CC(NC(=O)c1ccccc1Cl)c1ccccc1. The van der Waals surface area contributed by atoms with Gasteiger partial charge in [0.15, 0.2) is 0 Å². The molecule has 4 N–H and O–H groups in total. The summed E-state index contributed by atoms with van der Waals surface area (Å²) in [7, 11) is 0. The number of thioether (sulfide) groups is 1. The van der Waals surface area contributed by atoms with Gasteiger partial charge in [-0.05, 0) is 29.8 Å². The van der Waals surface area contributed by atoms with Crippen LogP contribution in [0.25, 0.3) is 0 Å². The summed E-state index contributed by atoms with van der Waals surface area (Å²) < 4.78 is 0. The van der Waals surface area contributed by atoms with Crippen LogP contribution in [-0.4, -0.2) is 23.5 Å². The zero-order valence-corrected chi connectivity index (χ0v) is 18.7. The number of halogens is 1. The molecule has 0 fully saturated rings. The number of nitrogens with two attached hydrogens (primary N) is 1. The molecule has 0 aliphatic heterocycles. The van der Waals surface area contributed by atoms with Crippen molar-refractivity contribution in [2.24, 2.45) is 5.73 Å². The number of hydrogen-bond acceptors (Lipinski definition) is 4. The standard InChI is InChI=1S/C24H22ClN3O3S/c25-18-11-5-4-10-17(18)24(31)28-20(16-8-2-1-3-9-16)14-23(30)27-19-12-6-7-13-21(19)32-15-22(26)29/h1-13,20H,14-15H2,(H2,26,29)(H,27,30)(H,28,31). The number of nitrogens with one attached hydrogen (secondary N) is 2. The number of carbonyl (C=O) groups is 3. The van der Waals surface area contributed by atoms with Gasteiger partial charge in [-0.2, -0.15) is 0 Å². The molecule has 1 atom stereocenters. The Hall–Kier alpha value is -3.29. The van der Waals surface area contributed by atoms with E-state index >= 15 is 0 Å². The molecule has 32 heavy (non-hydrogen) atoms. The van der Waals surface area contributed by atoms with Crippen molar-refractivity contribution in [3.8, 4) is 0 Å². The van der Waals surface area contributed by atoms with E-state index in [0.29, 0.717) is 16.3 Å². The van der Waals surface area contributed by atoms with Crippen molar-refractivity contribution in [1.29, 1.82) is 0 Å². The highest BCUT2D eigenvalue weighted by Gasteiger charge is 2.21. The Kier molecular flexibility index (Phi) is 8.30. The highest BCUT2D eigenvalue weighted by Crippen LogP contribution is 2.28. The molecule has 6 nitrogen and oxygen atoms in total. The maximum atomic E-state index is 12.9. The summed E-state index contributed by atoms with van der Waals surface area (Å²) in [4.78, 5) is 37.5. The van der Waals surface area contributed by atoms with Gasteiger partial charge in [0, 0.05) is 4.90 Å². The molecule has 0 saturated heterocycles. The zero-order chi connectivity index (χ0) is 22.9. The number of anilines is 1. The third kappa shape index (κ3) is 6.60. The highest BCUT2D eigenvalue weighted by molar-refractivity contribution is 8.00. The van der Waals surface area contributed by atoms with Gasteiger partial charge in [0.2, 0.25) is 11.8 Å². The molecule has 8 heteroatoms. The molecular formula is C24H22ClN3O3S. The van der Waals surface area contributed by atoms with Crippen LogP contribution in [0.4, 0.5) is 5.69 Å². The van der Waals surface area contributed by atoms with Gasteiger partial charge in [0.25, 0.3) is 5.91 Å². The average Bonchev–Trinajstić information content (AvgIpc) is 2.78. The number of para-hydroxylation sites is 1. The van der Waals surface area contributed by atoms with Crippen molar-refractivity contribution in [3.63, 3.8) is 0 Å². The van der Waals surface area contributed by atoms with E-state index in [2.05, 4.69) is 10.6 Å². The quantitative estimate of drug-likeness (QED) is 0.405.